The van der Waals surface area contributed by atoms with Gasteiger partial charge < -0.3 is 9.30 Å². The quantitative estimate of drug-likeness (QED) is 0.580. The molecule has 2 rings (SSSR count). The third-order valence-corrected chi connectivity index (χ3v) is 2.96. The van der Waals surface area contributed by atoms with Crippen LogP contribution >= 0.6 is 0 Å². The average Bonchev–Trinajstić information content (AvgIpc) is 2.92. The van der Waals surface area contributed by atoms with Crippen molar-refractivity contribution in [3.8, 4) is 5.88 Å². The minimum atomic E-state index is -0.133. The van der Waals surface area contributed by atoms with Gasteiger partial charge in [0.1, 0.15) is 5.82 Å². The summed E-state index contributed by atoms with van der Waals surface area (Å²) in [6.07, 6.45) is 4.38. The SMILES string of the molecule is CCn1ccnc1CC(NN)c1ccc(OC)nn1. The Morgan fingerprint density at radius 3 is 2.84 bits per heavy atom. The number of aromatic nitrogens is 4. The molecule has 0 fully saturated rings. The lowest BCUT2D eigenvalue weighted by molar-refractivity contribution is 0.388. The van der Waals surface area contributed by atoms with Gasteiger partial charge in [0.15, 0.2) is 0 Å². The zero-order valence-corrected chi connectivity index (χ0v) is 11.1. The molecule has 0 spiro atoms. The summed E-state index contributed by atoms with van der Waals surface area (Å²) in [7, 11) is 1.56. The molecule has 0 aliphatic heterocycles. The normalized spacial score (nSPS) is 12.4. The van der Waals surface area contributed by atoms with Gasteiger partial charge in [0.05, 0.1) is 18.8 Å². The molecule has 2 aromatic rings. The number of nitrogens with two attached hydrogens (primary N) is 1. The number of imidazole rings is 1. The minimum Gasteiger partial charge on any atom is -0.480 e. The molecule has 0 bridgehead atoms. The Labute approximate surface area is 111 Å². The van der Waals surface area contributed by atoms with Gasteiger partial charge in [0.2, 0.25) is 5.88 Å². The Morgan fingerprint density at radius 1 is 1.42 bits per heavy atom. The molecule has 0 aromatic carbocycles. The first kappa shape index (κ1) is 13.4. The van der Waals surface area contributed by atoms with Crippen LogP contribution in [0.2, 0.25) is 0 Å². The first-order chi connectivity index (χ1) is 9.28. The number of methoxy groups -OCH3 is 1. The number of ether oxygens (including phenoxy) is 1. The van der Waals surface area contributed by atoms with Gasteiger partial charge in [-0.05, 0) is 13.0 Å². The lowest BCUT2D eigenvalue weighted by atomic mass is 10.1. The van der Waals surface area contributed by atoms with Crippen molar-refractivity contribution >= 4 is 0 Å². The van der Waals surface area contributed by atoms with Crippen LogP contribution in [-0.2, 0) is 13.0 Å². The molecule has 3 N–H and O–H groups in total. The van der Waals surface area contributed by atoms with Crippen LogP contribution in [0.15, 0.2) is 24.5 Å². The van der Waals surface area contributed by atoms with Crippen LogP contribution in [0.3, 0.4) is 0 Å². The van der Waals surface area contributed by atoms with Gasteiger partial charge in [0.25, 0.3) is 0 Å². The second-order valence-electron chi connectivity index (χ2n) is 4.05. The summed E-state index contributed by atoms with van der Waals surface area (Å²) in [5.74, 6) is 7.04. The average molecular weight is 262 g/mol. The maximum atomic E-state index is 5.60. The van der Waals surface area contributed by atoms with Gasteiger partial charge in [-0.25, -0.2) is 4.98 Å². The number of nitrogens with one attached hydrogen (secondary N) is 1. The van der Waals surface area contributed by atoms with E-state index < -0.39 is 0 Å². The molecule has 0 radical (unpaired) electrons. The summed E-state index contributed by atoms with van der Waals surface area (Å²) in [5.41, 5.74) is 3.51. The molecule has 7 heteroatoms. The second kappa shape index (κ2) is 6.26. The van der Waals surface area contributed by atoms with Gasteiger partial charge in [0, 0.05) is 31.4 Å². The minimum absolute atomic E-state index is 0.133. The summed E-state index contributed by atoms with van der Waals surface area (Å²) < 4.78 is 7.05. The Morgan fingerprint density at radius 2 is 2.26 bits per heavy atom. The number of hydrogen-bond acceptors (Lipinski definition) is 6. The van der Waals surface area contributed by atoms with E-state index in [2.05, 4.69) is 32.1 Å². The lowest BCUT2D eigenvalue weighted by Crippen LogP contribution is -2.31. The van der Waals surface area contributed by atoms with E-state index in [1.54, 1.807) is 19.4 Å². The van der Waals surface area contributed by atoms with Crippen molar-refractivity contribution in [1.82, 2.24) is 25.2 Å². The van der Waals surface area contributed by atoms with E-state index in [0.717, 1.165) is 18.1 Å². The van der Waals surface area contributed by atoms with Crippen molar-refractivity contribution in [3.63, 3.8) is 0 Å². The smallest absolute Gasteiger partial charge is 0.233 e. The molecule has 0 saturated heterocycles. The molecule has 19 heavy (non-hydrogen) atoms. The van der Waals surface area contributed by atoms with Crippen LogP contribution in [0, 0.1) is 0 Å². The predicted molar refractivity (Wildman–Crippen MR) is 70.3 cm³/mol. The Balaban J connectivity index is 2.15. The third-order valence-electron chi connectivity index (χ3n) is 2.96. The van der Waals surface area contributed by atoms with E-state index in [9.17, 15) is 0 Å². The number of rotatable bonds is 6. The fraction of sp³-hybridized carbons (Fsp3) is 0.417. The molecule has 0 aliphatic carbocycles. The summed E-state index contributed by atoms with van der Waals surface area (Å²) in [6, 6.07) is 3.47. The zero-order valence-electron chi connectivity index (χ0n) is 11.1. The van der Waals surface area contributed by atoms with E-state index in [1.807, 2.05) is 12.3 Å². The van der Waals surface area contributed by atoms with E-state index in [4.69, 9.17) is 10.6 Å². The molecule has 2 heterocycles. The van der Waals surface area contributed by atoms with Crippen LogP contribution in [0.25, 0.3) is 0 Å². The standard InChI is InChI=1S/C12H18N6O/c1-3-18-7-6-14-11(18)8-10(15-13)9-4-5-12(19-2)17-16-9/h4-7,10,15H,3,8,13H2,1-2H3. The highest BCUT2D eigenvalue weighted by Gasteiger charge is 2.15. The van der Waals surface area contributed by atoms with Gasteiger partial charge in [-0.3, -0.25) is 11.3 Å². The highest BCUT2D eigenvalue weighted by molar-refractivity contribution is 5.15. The van der Waals surface area contributed by atoms with E-state index in [1.165, 1.54) is 0 Å². The maximum absolute atomic E-state index is 5.60. The molecular weight excluding hydrogens is 244 g/mol. The summed E-state index contributed by atoms with van der Waals surface area (Å²) in [6.45, 7) is 2.95. The van der Waals surface area contributed by atoms with Crippen molar-refractivity contribution in [1.29, 1.82) is 0 Å². The zero-order chi connectivity index (χ0) is 13.7. The van der Waals surface area contributed by atoms with Crippen molar-refractivity contribution in [3.05, 3.63) is 36.0 Å². The van der Waals surface area contributed by atoms with Crippen LogP contribution in [-0.4, -0.2) is 26.9 Å². The summed E-state index contributed by atoms with van der Waals surface area (Å²) in [5, 5.41) is 8.05. The van der Waals surface area contributed by atoms with Gasteiger partial charge >= 0.3 is 0 Å². The van der Waals surface area contributed by atoms with Crippen LogP contribution in [0.4, 0.5) is 0 Å². The molecular formula is C12H18N6O. The monoisotopic (exact) mass is 262 g/mol. The largest absolute Gasteiger partial charge is 0.480 e. The topological polar surface area (TPSA) is 90.9 Å². The number of hydrazine groups is 1. The lowest BCUT2D eigenvalue weighted by Gasteiger charge is -2.15. The molecule has 2 aromatic heterocycles. The fourth-order valence-electron chi connectivity index (χ4n) is 1.87. The fourth-order valence-corrected chi connectivity index (χ4v) is 1.87. The number of nitrogens with zero attached hydrogens (tertiary/aromatic N) is 4. The van der Waals surface area contributed by atoms with Gasteiger partial charge in [-0.15, -0.1) is 5.10 Å². The molecule has 0 saturated carbocycles. The Kier molecular flexibility index (Phi) is 4.43. The van der Waals surface area contributed by atoms with E-state index in [-0.39, 0.29) is 6.04 Å². The Bertz CT molecular complexity index is 509. The predicted octanol–water partition coefficient (Wildman–Crippen LogP) is 0.449. The van der Waals surface area contributed by atoms with Crippen LogP contribution in [0.1, 0.15) is 24.5 Å². The molecule has 7 nitrogen and oxygen atoms in total. The summed E-state index contributed by atoms with van der Waals surface area (Å²) in [4.78, 5) is 4.33. The Hall–Kier alpha value is -1.99. The van der Waals surface area contributed by atoms with E-state index >= 15 is 0 Å². The second-order valence-corrected chi connectivity index (χ2v) is 4.05. The highest BCUT2D eigenvalue weighted by Crippen LogP contribution is 2.16. The molecule has 102 valence electrons. The first-order valence-electron chi connectivity index (χ1n) is 6.12. The van der Waals surface area contributed by atoms with E-state index in [0.29, 0.717) is 12.3 Å². The third kappa shape index (κ3) is 3.07. The number of hydrogen-bond donors (Lipinski definition) is 2. The van der Waals surface area contributed by atoms with Crippen molar-refractivity contribution in [2.45, 2.75) is 25.9 Å². The molecule has 1 unspecified atom stereocenters. The molecule has 0 aliphatic rings. The summed E-state index contributed by atoms with van der Waals surface area (Å²) >= 11 is 0. The van der Waals surface area contributed by atoms with Crippen LogP contribution in [0.5, 0.6) is 5.88 Å². The first-order valence-corrected chi connectivity index (χ1v) is 6.12. The van der Waals surface area contributed by atoms with Crippen LogP contribution < -0.4 is 16.0 Å². The van der Waals surface area contributed by atoms with Gasteiger partial charge in [-0.2, -0.15) is 5.10 Å². The maximum Gasteiger partial charge on any atom is 0.233 e. The van der Waals surface area contributed by atoms with Gasteiger partial charge in [-0.1, -0.05) is 0 Å². The van der Waals surface area contributed by atoms with Crippen molar-refractivity contribution in [2.75, 3.05) is 7.11 Å². The number of aryl methyl sites for hydroxylation is 1. The van der Waals surface area contributed by atoms with Crippen molar-refractivity contribution < 1.29 is 4.74 Å². The highest BCUT2D eigenvalue weighted by atomic mass is 16.5. The molecule has 1 atom stereocenters. The van der Waals surface area contributed by atoms with Crippen molar-refractivity contribution in [2.24, 2.45) is 5.84 Å². The molecule has 0 amide bonds.